The van der Waals surface area contributed by atoms with E-state index in [4.69, 9.17) is 10.5 Å². The van der Waals surface area contributed by atoms with Crippen molar-refractivity contribution in [1.29, 1.82) is 0 Å². The molecule has 98 valence electrons. The molecule has 2 rings (SSSR count). The normalized spacial score (nSPS) is 16.2. The first kappa shape index (κ1) is 12.6. The Labute approximate surface area is 105 Å². The molecule has 0 unspecified atom stereocenters. The number of carbonyl (C=O) groups excluding carboxylic acids is 2. The van der Waals surface area contributed by atoms with E-state index in [0.29, 0.717) is 30.8 Å². The van der Waals surface area contributed by atoms with E-state index in [9.17, 15) is 9.59 Å². The van der Waals surface area contributed by atoms with Crippen LogP contribution in [-0.2, 0) is 16.6 Å². The first-order valence-electron chi connectivity index (χ1n) is 5.90. The number of nitrogens with two attached hydrogens (primary N) is 1. The van der Waals surface area contributed by atoms with Crippen molar-refractivity contribution in [2.75, 3.05) is 11.9 Å². The number of rotatable bonds is 4. The molecule has 0 atom stereocenters. The number of aromatic nitrogens is 1. The third-order valence-corrected chi connectivity index (χ3v) is 2.99. The number of nitrogens with zero attached hydrogens (tertiary/aromatic N) is 1. The molecule has 6 heteroatoms. The molecule has 6 nitrogen and oxygen atoms in total. The van der Waals surface area contributed by atoms with Gasteiger partial charge in [-0.25, -0.2) is 4.79 Å². The molecule has 1 amide bonds. The summed E-state index contributed by atoms with van der Waals surface area (Å²) in [5.74, 6) is -0.613. The van der Waals surface area contributed by atoms with Gasteiger partial charge in [0, 0.05) is 13.2 Å². The Morgan fingerprint density at radius 2 is 2.22 bits per heavy atom. The van der Waals surface area contributed by atoms with Gasteiger partial charge < -0.3 is 20.4 Å². The highest BCUT2D eigenvalue weighted by molar-refractivity contribution is 6.01. The van der Waals surface area contributed by atoms with Crippen molar-refractivity contribution in [3.63, 3.8) is 0 Å². The van der Waals surface area contributed by atoms with Crippen molar-refractivity contribution in [2.24, 2.45) is 12.8 Å². The summed E-state index contributed by atoms with van der Waals surface area (Å²) in [5.41, 5.74) is 6.01. The van der Waals surface area contributed by atoms with E-state index < -0.39 is 11.5 Å². The summed E-state index contributed by atoms with van der Waals surface area (Å²) < 4.78 is 6.52. The van der Waals surface area contributed by atoms with Crippen LogP contribution in [0.1, 0.15) is 30.3 Å². The molecule has 1 fully saturated rings. The van der Waals surface area contributed by atoms with Crippen LogP contribution in [0.2, 0.25) is 0 Å². The lowest BCUT2D eigenvalue weighted by Crippen LogP contribution is -2.37. The van der Waals surface area contributed by atoms with Gasteiger partial charge in [-0.2, -0.15) is 0 Å². The van der Waals surface area contributed by atoms with Gasteiger partial charge in [-0.1, -0.05) is 0 Å². The van der Waals surface area contributed by atoms with Crippen molar-refractivity contribution in [3.05, 3.63) is 18.0 Å². The van der Waals surface area contributed by atoms with Gasteiger partial charge in [-0.3, -0.25) is 4.79 Å². The second-order valence-electron chi connectivity index (χ2n) is 4.56. The maximum absolute atomic E-state index is 11.8. The van der Waals surface area contributed by atoms with Crippen LogP contribution in [0.25, 0.3) is 0 Å². The maximum atomic E-state index is 11.8. The van der Waals surface area contributed by atoms with Crippen molar-refractivity contribution in [3.8, 4) is 0 Å². The van der Waals surface area contributed by atoms with Gasteiger partial charge in [0.2, 0.25) is 5.91 Å². The van der Waals surface area contributed by atoms with Crippen LogP contribution >= 0.6 is 0 Å². The topological polar surface area (TPSA) is 86.3 Å². The maximum Gasteiger partial charge on any atom is 0.355 e. The molecule has 1 aromatic heterocycles. The van der Waals surface area contributed by atoms with Crippen LogP contribution in [0.15, 0.2) is 12.3 Å². The molecule has 0 saturated heterocycles. The summed E-state index contributed by atoms with van der Waals surface area (Å²) in [4.78, 5) is 23.3. The first-order valence-corrected chi connectivity index (χ1v) is 5.90. The molecular formula is C12H17N3O3. The first-order chi connectivity index (χ1) is 8.46. The zero-order valence-corrected chi connectivity index (χ0v) is 10.5. The van der Waals surface area contributed by atoms with E-state index in [2.05, 4.69) is 5.32 Å². The number of ether oxygens (including phenoxy) is 1. The molecule has 1 aliphatic rings. The zero-order valence-electron chi connectivity index (χ0n) is 10.5. The van der Waals surface area contributed by atoms with Crippen LogP contribution < -0.4 is 11.1 Å². The predicted molar refractivity (Wildman–Crippen MR) is 66.2 cm³/mol. The van der Waals surface area contributed by atoms with E-state index in [-0.39, 0.29) is 5.91 Å². The molecule has 1 saturated carbocycles. The van der Waals surface area contributed by atoms with Crippen LogP contribution in [0, 0.1) is 0 Å². The highest BCUT2D eigenvalue weighted by Crippen LogP contribution is 2.33. The molecule has 1 aliphatic carbocycles. The Hall–Kier alpha value is -1.82. The quantitative estimate of drug-likeness (QED) is 0.768. The average Bonchev–Trinajstić information content (AvgIpc) is 2.95. The van der Waals surface area contributed by atoms with Gasteiger partial charge in [-0.05, 0) is 25.8 Å². The summed E-state index contributed by atoms with van der Waals surface area (Å²) in [5, 5.41) is 2.71. The molecule has 0 aliphatic heterocycles. The monoisotopic (exact) mass is 251 g/mol. The molecule has 0 radical (unpaired) electrons. The third kappa shape index (κ3) is 2.38. The number of aryl methyl sites for hydroxylation is 1. The fourth-order valence-corrected chi connectivity index (χ4v) is 1.66. The largest absolute Gasteiger partial charge is 0.461 e. The number of hydrogen-bond acceptors (Lipinski definition) is 4. The lowest BCUT2D eigenvalue weighted by molar-refractivity contribution is -0.118. The lowest BCUT2D eigenvalue weighted by atomic mass is 10.2. The Morgan fingerprint density at radius 3 is 2.78 bits per heavy atom. The summed E-state index contributed by atoms with van der Waals surface area (Å²) in [6.07, 6.45) is 3.07. The van der Waals surface area contributed by atoms with Gasteiger partial charge in [0.15, 0.2) is 0 Å². The smallest absolute Gasteiger partial charge is 0.355 e. The number of nitrogens with one attached hydrogen (secondary N) is 1. The second-order valence-corrected chi connectivity index (χ2v) is 4.56. The number of amides is 1. The average molecular weight is 251 g/mol. The van der Waals surface area contributed by atoms with E-state index in [1.807, 2.05) is 0 Å². The van der Waals surface area contributed by atoms with Crippen LogP contribution in [0.3, 0.4) is 0 Å². The SMILES string of the molecule is CCOC(=O)c1cc(NC(=O)C2(N)CC2)cn1C. The minimum absolute atomic E-state index is 0.205. The Kier molecular flexibility index (Phi) is 3.13. The van der Waals surface area contributed by atoms with E-state index in [0.717, 1.165) is 0 Å². The highest BCUT2D eigenvalue weighted by atomic mass is 16.5. The fraction of sp³-hybridized carbons (Fsp3) is 0.500. The van der Waals surface area contributed by atoms with Gasteiger partial charge in [0.1, 0.15) is 5.69 Å². The van der Waals surface area contributed by atoms with E-state index in [1.165, 1.54) is 0 Å². The molecule has 18 heavy (non-hydrogen) atoms. The molecule has 1 heterocycles. The number of esters is 1. The summed E-state index contributed by atoms with van der Waals surface area (Å²) in [7, 11) is 1.72. The molecular weight excluding hydrogens is 234 g/mol. The van der Waals surface area contributed by atoms with Gasteiger partial charge in [-0.15, -0.1) is 0 Å². The van der Waals surface area contributed by atoms with Crippen molar-refractivity contribution < 1.29 is 14.3 Å². The Balaban J connectivity index is 2.09. The third-order valence-electron chi connectivity index (χ3n) is 2.99. The molecule has 1 aromatic rings. The van der Waals surface area contributed by atoms with Crippen LogP contribution in [0.4, 0.5) is 5.69 Å². The number of anilines is 1. The standard InChI is InChI=1S/C12H17N3O3/c1-3-18-10(16)9-6-8(7-15(9)2)14-11(17)12(13)4-5-12/h6-7H,3-5,13H2,1-2H3,(H,14,17). The minimum atomic E-state index is -0.722. The van der Waals surface area contributed by atoms with Gasteiger partial charge in [0.05, 0.1) is 17.8 Å². The number of hydrogen-bond donors (Lipinski definition) is 2. The molecule has 0 bridgehead atoms. The summed E-state index contributed by atoms with van der Waals surface area (Å²) in [6.45, 7) is 2.06. The zero-order chi connectivity index (χ0) is 13.3. The van der Waals surface area contributed by atoms with Crippen LogP contribution in [0.5, 0.6) is 0 Å². The van der Waals surface area contributed by atoms with Crippen molar-refractivity contribution >= 4 is 17.6 Å². The molecule has 3 N–H and O–H groups in total. The summed E-state index contributed by atoms with van der Waals surface area (Å²) >= 11 is 0. The van der Waals surface area contributed by atoms with Gasteiger partial charge >= 0.3 is 5.97 Å². The van der Waals surface area contributed by atoms with E-state index in [1.54, 1.807) is 30.8 Å². The summed E-state index contributed by atoms with van der Waals surface area (Å²) in [6, 6.07) is 1.58. The Morgan fingerprint density at radius 1 is 1.56 bits per heavy atom. The second kappa shape index (κ2) is 4.45. The van der Waals surface area contributed by atoms with Crippen molar-refractivity contribution in [1.82, 2.24) is 4.57 Å². The Bertz CT molecular complexity index is 489. The predicted octanol–water partition coefficient (Wildman–Crippen LogP) is 0.632. The minimum Gasteiger partial charge on any atom is -0.461 e. The van der Waals surface area contributed by atoms with E-state index >= 15 is 0 Å². The fourth-order valence-electron chi connectivity index (χ4n) is 1.66. The molecule has 0 aromatic carbocycles. The lowest BCUT2D eigenvalue weighted by Gasteiger charge is -2.07. The molecule has 0 spiro atoms. The van der Waals surface area contributed by atoms with Gasteiger partial charge in [0.25, 0.3) is 0 Å². The van der Waals surface area contributed by atoms with Crippen molar-refractivity contribution in [2.45, 2.75) is 25.3 Å². The number of carbonyl (C=O) groups is 2. The van der Waals surface area contributed by atoms with Crippen LogP contribution in [-0.4, -0.2) is 28.6 Å². The highest BCUT2D eigenvalue weighted by Gasteiger charge is 2.46.